The van der Waals surface area contributed by atoms with Crippen LogP contribution in [0.5, 0.6) is 0 Å². The second-order valence-electron chi connectivity index (χ2n) is 6.78. The largest absolute Gasteiger partial charge is 0.302 e. The molecule has 4 nitrogen and oxygen atoms in total. The predicted molar refractivity (Wildman–Crippen MR) is 77.0 cm³/mol. The quantitative estimate of drug-likeness (QED) is 0.783. The van der Waals surface area contributed by atoms with Crippen LogP contribution in [0.2, 0.25) is 0 Å². The van der Waals surface area contributed by atoms with Crippen LogP contribution < -0.4 is 5.32 Å². The lowest BCUT2D eigenvalue weighted by molar-refractivity contribution is -0.141. The highest BCUT2D eigenvalue weighted by atomic mass is 16.2. The first-order valence-electron chi connectivity index (χ1n) is 8.26. The van der Waals surface area contributed by atoms with Gasteiger partial charge in [0.1, 0.15) is 0 Å². The molecule has 4 atom stereocenters. The number of nitrogens with zero attached hydrogens (tertiary/aromatic N) is 1. The molecule has 0 spiro atoms. The Balaban J connectivity index is 1.64. The summed E-state index contributed by atoms with van der Waals surface area (Å²) in [7, 11) is 0. The monoisotopic (exact) mass is 278 g/mol. The summed E-state index contributed by atoms with van der Waals surface area (Å²) in [5.41, 5.74) is 0. The van der Waals surface area contributed by atoms with Crippen molar-refractivity contribution in [3.63, 3.8) is 0 Å². The summed E-state index contributed by atoms with van der Waals surface area (Å²) in [5.74, 6) is 1.64. The Morgan fingerprint density at radius 1 is 1.20 bits per heavy atom. The van der Waals surface area contributed by atoms with Gasteiger partial charge in [-0.1, -0.05) is 20.3 Å². The zero-order valence-electron chi connectivity index (χ0n) is 12.6. The molecule has 3 fully saturated rings. The Kier molecular flexibility index (Phi) is 3.85. The minimum Gasteiger partial charge on any atom is -0.302 e. The molecule has 1 aliphatic heterocycles. The van der Waals surface area contributed by atoms with Crippen molar-refractivity contribution in [2.75, 3.05) is 0 Å². The lowest BCUT2D eigenvalue weighted by Gasteiger charge is -2.27. The molecule has 2 saturated carbocycles. The third-order valence-corrected chi connectivity index (χ3v) is 5.64. The average Bonchev–Trinajstić information content (AvgIpc) is 3.11. The molecule has 1 heterocycles. The van der Waals surface area contributed by atoms with Crippen molar-refractivity contribution in [3.05, 3.63) is 0 Å². The van der Waals surface area contributed by atoms with E-state index in [1.54, 1.807) is 0 Å². The number of nitrogens with one attached hydrogen (secondary N) is 1. The highest BCUT2D eigenvalue weighted by molar-refractivity contribution is 6.05. The van der Waals surface area contributed by atoms with Crippen LogP contribution in [0.1, 0.15) is 58.8 Å². The summed E-state index contributed by atoms with van der Waals surface area (Å²) in [4.78, 5) is 26.2. The van der Waals surface area contributed by atoms with E-state index in [2.05, 4.69) is 5.32 Å². The van der Waals surface area contributed by atoms with E-state index < -0.39 is 0 Å². The molecule has 1 saturated heterocycles. The summed E-state index contributed by atoms with van der Waals surface area (Å²) in [5, 5.41) is 3.51. The van der Waals surface area contributed by atoms with Crippen molar-refractivity contribution in [1.29, 1.82) is 0 Å². The summed E-state index contributed by atoms with van der Waals surface area (Å²) in [6, 6.07) is 0.298. The minimum absolute atomic E-state index is 0.0179. The maximum Gasteiger partial charge on any atom is 0.247 e. The number of amides is 2. The normalized spacial score (nSPS) is 36.6. The van der Waals surface area contributed by atoms with Crippen LogP contribution in [0.3, 0.4) is 0 Å². The molecule has 2 bridgehead atoms. The van der Waals surface area contributed by atoms with Crippen LogP contribution in [0.25, 0.3) is 0 Å². The van der Waals surface area contributed by atoms with Crippen LogP contribution in [-0.2, 0) is 9.59 Å². The highest BCUT2D eigenvalue weighted by Crippen LogP contribution is 2.44. The third kappa shape index (κ3) is 2.28. The number of imide groups is 1. The van der Waals surface area contributed by atoms with E-state index >= 15 is 0 Å². The summed E-state index contributed by atoms with van der Waals surface area (Å²) >= 11 is 0. The molecule has 0 aromatic heterocycles. The Bertz CT molecular complexity index is 405. The van der Waals surface area contributed by atoms with E-state index in [0.717, 1.165) is 24.7 Å². The first-order valence-corrected chi connectivity index (χ1v) is 8.26. The molecule has 2 aliphatic carbocycles. The smallest absolute Gasteiger partial charge is 0.247 e. The van der Waals surface area contributed by atoms with Crippen molar-refractivity contribution >= 4 is 11.8 Å². The van der Waals surface area contributed by atoms with E-state index in [0.29, 0.717) is 12.5 Å². The lowest BCUT2D eigenvalue weighted by atomic mass is 9.94. The molecule has 0 aromatic rings. The van der Waals surface area contributed by atoms with Gasteiger partial charge in [0, 0.05) is 12.1 Å². The first-order chi connectivity index (χ1) is 9.63. The average molecular weight is 278 g/mol. The van der Waals surface area contributed by atoms with Crippen LogP contribution in [0.15, 0.2) is 0 Å². The topological polar surface area (TPSA) is 49.4 Å². The molecule has 4 heteroatoms. The van der Waals surface area contributed by atoms with Gasteiger partial charge in [-0.2, -0.15) is 0 Å². The number of likely N-dealkylation sites (tertiary alicyclic amines) is 1. The summed E-state index contributed by atoms with van der Waals surface area (Å²) < 4.78 is 0. The Labute approximate surface area is 121 Å². The number of fused-ring (bicyclic) bond motifs is 2. The molecule has 20 heavy (non-hydrogen) atoms. The van der Waals surface area contributed by atoms with Crippen molar-refractivity contribution in [3.8, 4) is 0 Å². The molecule has 2 amide bonds. The van der Waals surface area contributed by atoms with Gasteiger partial charge >= 0.3 is 0 Å². The third-order valence-electron chi connectivity index (χ3n) is 5.64. The Morgan fingerprint density at radius 2 is 1.95 bits per heavy atom. The van der Waals surface area contributed by atoms with Gasteiger partial charge in [-0.15, -0.1) is 0 Å². The Morgan fingerprint density at radius 3 is 2.50 bits per heavy atom. The summed E-state index contributed by atoms with van der Waals surface area (Å²) in [6.07, 6.45) is 7.26. The van der Waals surface area contributed by atoms with Gasteiger partial charge in [0.05, 0.1) is 12.5 Å². The number of carbonyl (C=O) groups excluding carboxylic acids is 2. The van der Waals surface area contributed by atoms with E-state index in [1.165, 1.54) is 30.6 Å². The predicted octanol–water partition coefficient (Wildman–Crippen LogP) is 2.08. The van der Waals surface area contributed by atoms with Gasteiger partial charge in [0.15, 0.2) is 0 Å². The number of rotatable bonds is 5. The molecule has 4 unspecified atom stereocenters. The van der Waals surface area contributed by atoms with Crippen molar-refractivity contribution < 1.29 is 9.59 Å². The van der Waals surface area contributed by atoms with Gasteiger partial charge in [-0.05, 0) is 43.9 Å². The fourth-order valence-corrected chi connectivity index (χ4v) is 4.53. The van der Waals surface area contributed by atoms with Gasteiger partial charge < -0.3 is 5.32 Å². The molecule has 3 rings (SSSR count). The second kappa shape index (κ2) is 5.47. The fourth-order valence-electron chi connectivity index (χ4n) is 4.53. The van der Waals surface area contributed by atoms with Crippen molar-refractivity contribution in [1.82, 2.24) is 10.2 Å². The van der Waals surface area contributed by atoms with Crippen LogP contribution in [-0.4, -0.2) is 34.8 Å². The number of hydrogen-bond acceptors (Lipinski definition) is 3. The second-order valence-corrected chi connectivity index (χ2v) is 6.78. The minimum atomic E-state index is -0.257. The molecular weight excluding hydrogens is 252 g/mol. The Hall–Kier alpha value is -0.900. The maximum absolute atomic E-state index is 12.5. The maximum atomic E-state index is 12.5. The standard InChI is InChI=1S/C16H26N2O2/c1-3-12(4-2)18-15(19)9-14(16(18)20)17-13-8-10-5-6-11(13)7-10/h10-14,17H,3-9H2,1-2H3. The van der Waals surface area contributed by atoms with Crippen LogP contribution in [0.4, 0.5) is 0 Å². The van der Waals surface area contributed by atoms with E-state index in [1.807, 2.05) is 13.8 Å². The van der Waals surface area contributed by atoms with Gasteiger partial charge in [0.25, 0.3) is 0 Å². The fraction of sp³-hybridized carbons (Fsp3) is 0.875. The van der Waals surface area contributed by atoms with E-state index in [9.17, 15) is 9.59 Å². The lowest BCUT2D eigenvalue weighted by Crippen LogP contribution is -2.47. The van der Waals surface area contributed by atoms with Gasteiger partial charge in [0.2, 0.25) is 11.8 Å². The van der Waals surface area contributed by atoms with E-state index in [4.69, 9.17) is 0 Å². The highest BCUT2D eigenvalue weighted by Gasteiger charge is 2.45. The van der Waals surface area contributed by atoms with E-state index in [-0.39, 0.29) is 23.9 Å². The zero-order valence-corrected chi connectivity index (χ0v) is 12.6. The number of hydrogen-bond donors (Lipinski definition) is 1. The molecule has 112 valence electrons. The van der Waals surface area contributed by atoms with Crippen molar-refractivity contribution in [2.45, 2.75) is 76.9 Å². The summed E-state index contributed by atoms with van der Waals surface area (Å²) in [6.45, 7) is 4.09. The van der Waals surface area contributed by atoms with Crippen LogP contribution in [0, 0.1) is 11.8 Å². The molecule has 1 N–H and O–H groups in total. The number of carbonyl (C=O) groups is 2. The SMILES string of the molecule is CCC(CC)N1C(=O)CC(NC2CC3CCC2C3)C1=O. The molecule has 3 aliphatic rings. The molecular formula is C16H26N2O2. The zero-order chi connectivity index (χ0) is 14.3. The van der Waals surface area contributed by atoms with Gasteiger partial charge in [-0.25, -0.2) is 0 Å². The molecule has 0 radical (unpaired) electrons. The molecule has 0 aromatic carbocycles. The van der Waals surface area contributed by atoms with Crippen molar-refractivity contribution in [2.24, 2.45) is 11.8 Å². The van der Waals surface area contributed by atoms with Crippen LogP contribution >= 0.6 is 0 Å². The first kappa shape index (κ1) is 14.1. The van der Waals surface area contributed by atoms with Gasteiger partial charge in [-0.3, -0.25) is 14.5 Å².